The van der Waals surface area contributed by atoms with Gasteiger partial charge >= 0.3 is 5.97 Å². The van der Waals surface area contributed by atoms with Crippen LogP contribution in [0.3, 0.4) is 0 Å². The number of carbonyl (C=O) groups excluding carboxylic acids is 2. The first-order chi connectivity index (χ1) is 13.1. The van der Waals surface area contributed by atoms with Crippen molar-refractivity contribution in [1.29, 1.82) is 0 Å². The SMILES string of the molecule is O=C(COC(=O)c1cc[n+]([O-])cc1)Nc1ccc2oc3ccccc3c2c1. The highest BCUT2D eigenvalue weighted by Gasteiger charge is 2.12. The van der Waals surface area contributed by atoms with Crippen LogP contribution in [-0.2, 0) is 9.53 Å². The number of furan rings is 1. The topological polar surface area (TPSA) is 95.5 Å². The third-order valence-corrected chi connectivity index (χ3v) is 4.03. The van der Waals surface area contributed by atoms with Gasteiger partial charge in [-0.2, -0.15) is 4.73 Å². The van der Waals surface area contributed by atoms with Gasteiger partial charge in [0.15, 0.2) is 19.0 Å². The van der Waals surface area contributed by atoms with Gasteiger partial charge in [0.25, 0.3) is 5.91 Å². The Balaban J connectivity index is 1.44. The molecule has 0 spiro atoms. The summed E-state index contributed by atoms with van der Waals surface area (Å²) in [6.45, 7) is -0.435. The molecule has 1 N–H and O–H groups in total. The Bertz CT molecular complexity index is 1150. The number of nitrogens with one attached hydrogen (secondary N) is 1. The van der Waals surface area contributed by atoms with Crippen molar-refractivity contribution in [3.05, 3.63) is 77.8 Å². The van der Waals surface area contributed by atoms with E-state index >= 15 is 0 Å². The molecule has 0 saturated heterocycles. The van der Waals surface area contributed by atoms with Crippen molar-refractivity contribution in [2.75, 3.05) is 11.9 Å². The highest BCUT2D eigenvalue weighted by Crippen LogP contribution is 2.30. The second-order valence-electron chi connectivity index (χ2n) is 5.88. The summed E-state index contributed by atoms with van der Waals surface area (Å²) < 4.78 is 11.3. The lowest BCUT2D eigenvalue weighted by Gasteiger charge is -2.07. The average Bonchev–Trinajstić information content (AvgIpc) is 3.05. The van der Waals surface area contributed by atoms with E-state index in [1.807, 2.05) is 30.3 Å². The summed E-state index contributed by atoms with van der Waals surface area (Å²) in [4.78, 5) is 23.9. The zero-order valence-corrected chi connectivity index (χ0v) is 14.0. The largest absolute Gasteiger partial charge is 0.619 e. The molecule has 2 heterocycles. The predicted octanol–water partition coefficient (Wildman–Crippen LogP) is 3.01. The van der Waals surface area contributed by atoms with Crippen LogP contribution >= 0.6 is 0 Å². The molecule has 7 nitrogen and oxygen atoms in total. The minimum absolute atomic E-state index is 0.196. The summed E-state index contributed by atoms with van der Waals surface area (Å²) in [5.74, 6) is -1.15. The monoisotopic (exact) mass is 362 g/mol. The molecule has 2 aromatic carbocycles. The number of anilines is 1. The van der Waals surface area contributed by atoms with Gasteiger partial charge in [-0.15, -0.1) is 0 Å². The third-order valence-electron chi connectivity index (χ3n) is 4.03. The fourth-order valence-corrected chi connectivity index (χ4v) is 2.76. The Morgan fingerprint density at radius 1 is 1.00 bits per heavy atom. The number of para-hydroxylation sites is 1. The lowest BCUT2D eigenvalue weighted by molar-refractivity contribution is -0.605. The van der Waals surface area contributed by atoms with Crippen LogP contribution in [0.25, 0.3) is 21.9 Å². The molecule has 0 aliphatic rings. The summed E-state index contributed by atoms with van der Waals surface area (Å²) >= 11 is 0. The van der Waals surface area contributed by atoms with Crippen molar-refractivity contribution >= 4 is 39.5 Å². The molecule has 0 saturated carbocycles. The molecule has 27 heavy (non-hydrogen) atoms. The summed E-state index contributed by atoms with van der Waals surface area (Å²) in [5.41, 5.74) is 2.26. The van der Waals surface area contributed by atoms with Crippen LogP contribution in [0.5, 0.6) is 0 Å². The summed E-state index contributed by atoms with van der Waals surface area (Å²) in [7, 11) is 0. The van der Waals surface area contributed by atoms with E-state index in [4.69, 9.17) is 9.15 Å². The van der Waals surface area contributed by atoms with Crippen molar-refractivity contribution < 1.29 is 23.5 Å². The molecule has 2 aromatic heterocycles. The van der Waals surface area contributed by atoms with Crippen molar-refractivity contribution in [1.82, 2.24) is 0 Å². The highest BCUT2D eigenvalue weighted by atomic mass is 16.5. The van der Waals surface area contributed by atoms with Gasteiger partial charge in [0.2, 0.25) is 0 Å². The number of amides is 1. The number of ether oxygens (including phenoxy) is 1. The second-order valence-corrected chi connectivity index (χ2v) is 5.88. The van der Waals surface area contributed by atoms with Crippen LogP contribution in [0.4, 0.5) is 5.69 Å². The Kier molecular flexibility index (Phi) is 4.18. The van der Waals surface area contributed by atoms with E-state index in [0.29, 0.717) is 10.4 Å². The molecule has 7 heteroatoms. The summed E-state index contributed by atoms with van der Waals surface area (Å²) in [6, 6.07) is 15.6. The minimum Gasteiger partial charge on any atom is -0.619 e. The number of rotatable bonds is 4. The predicted molar refractivity (Wildman–Crippen MR) is 98.0 cm³/mol. The van der Waals surface area contributed by atoms with Gasteiger partial charge in [0, 0.05) is 28.6 Å². The highest BCUT2D eigenvalue weighted by molar-refractivity contribution is 6.07. The molecule has 4 rings (SSSR count). The second kappa shape index (κ2) is 6.80. The molecule has 0 fully saturated rings. The van der Waals surface area contributed by atoms with Crippen LogP contribution in [0.15, 0.2) is 71.4 Å². The van der Waals surface area contributed by atoms with Crippen LogP contribution in [0.1, 0.15) is 10.4 Å². The zero-order valence-electron chi connectivity index (χ0n) is 14.0. The molecule has 0 atom stereocenters. The van der Waals surface area contributed by atoms with E-state index in [1.54, 1.807) is 12.1 Å². The van der Waals surface area contributed by atoms with Crippen molar-refractivity contribution in [3.8, 4) is 0 Å². The number of nitrogens with zero attached hydrogens (tertiary/aromatic N) is 1. The number of esters is 1. The Morgan fingerprint density at radius 3 is 2.56 bits per heavy atom. The first kappa shape index (κ1) is 16.6. The normalized spacial score (nSPS) is 10.8. The van der Waals surface area contributed by atoms with E-state index < -0.39 is 18.5 Å². The van der Waals surface area contributed by atoms with Crippen molar-refractivity contribution in [2.24, 2.45) is 0 Å². The molecule has 134 valence electrons. The van der Waals surface area contributed by atoms with E-state index in [2.05, 4.69) is 5.32 Å². The van der Waals surface area contributed by atoms with Gasteiger partial charge in [0.1, 0.15) is 11.2 Å². The van der Waals surface area contributed by atoms with Gasteiger partial charge in [-0.1, -0.05) is 18.2 Å². The van der Waals surface area contributed by atoms with Crippen molar-refractivity contribution in [3.63, 3.8) is 0 Å². The molecule has 0 bridgehead atoms. The number of pyridine rings is 1. The van der Waals surface area contributed by atoms with Crippen LogP contribution in [0, 0.1) is 5.21 Å². The first-order valence-corrected chi connectivity index (χ1v) is 8.17. The molecular formula is C20H14N2O5. The first-order valence-electron chi connectivity index (χ1n) is 8.17. The van der Waals surface area contributed by atoms with E-state index in [0.717, 1.165) is 21.9 Å². The fourth-order valence-electron chi connectivity index (χ4n) is 2.76. The zero-order chi connectivity index (χ0) is 18.8. The van der Waals surface area contributed by atoms with Gasteiger partial charge in [0.05, 0.1) is 5.56 Å². The smallest absolute Gasteiger partial charge is 0.339 e. The summed E-state index contributed by atoms with van der Waals surface area (Å²) in [6.07, 6.45) is 2.36. The maximum absolute atomic E-state index is 12.1. The van der Waals surface area contributed by atoms with E-state index in [9.17, 15) is 14.8 Å². The number of aromatic nitrogens is 1. The van der Waals surface area contributed by atoms with Crippen LogP contribution < -0.4 is 10.0 Å². The van der Waals surface area contributed by atoms with Gasteiger partial charge < -0.3 is 19.7 Å². The van der Waals surface area contributed by atoms with E-state index in [1.165, 1.54) is 24.5 Å². The average molecular weight is 362 g/mol. The van der Waals surface area contributed by atoms with Gasteiger partial charge in [-0.05, 0) is 24.3 Å². The lowest BCUT2D eigenvalue weighted by Crippen LogP contribution is -2.25. The number of hydrogen-bond donors (Lipinski definition) is 1. The number of benzene rings is 2. The summed E-state index contributed by atoms with van der Waals surface area (Å²) in [5, 5.41) is 15.5. The fraction of sp³-hybridized carbons (Fsp3) is 0.0500. The molecular weight excluding hydrogens is 348 g/mol. The molecule has 4 aromatic rings. The number of hydrogen-bond acceptors (Lipinski definition) is 5. The van der Waals surface area contributed by atoms with Crippen molar-refractivity contribution in [2.45, 2.75) is 0 Å². The molecule has 0 unspecified atom stereocenters. The Morgan fingerprint density at radius 2 is 1.74 bits per heavy atom. The van der Waals surface area contributed by atoms with E-state index in [-0.39, 0.29) is 5.56 Å². The lowest BCUT2D eigenvalue weighted by atomic mass is 10.1. The maximum atomic E-state index is 12.1. The third kappa shape index (κ3) is 3.43. The molecule has 0 aliphatic carbocycles. The van der Waals surface area contributed by atoms with Crippen LogP contribution in [-0.4, -0.2) is 18.5 Å². The Hall–Kier alpha value is -3.87. The number of carbonyl (C=O) groups is 2. The van der Waals surface area contributed by atoms with Gasteiger partial charge in [-0.3, -0.25) is 4.79 Å². The number of fused-ring (bicyclic) bond motifs is 3. The quantitative estimate of drug-likeness (QED) is 0.342. The maximum Gasteiger partial charge on any atom is 0.339 e. The Labute approximate surface area is 153 Å². The van der Waals surface area contributed by atoms with Gasteiger partial charge in [-0.25, -0.2) is 4.79 Å². The van der Waals surface area contributed by atoms with Crippen LogP contribution in [0.2, 0.25) is 0 Å². The standard InChI is InChI=1S/C20H14N2O5/c23-19(12-26-20(24)13-7-9-22(25)10-8-13)21-14-5-6-18-16(11-14)15-3-1-2-4-17(15)27-18/h1-11H,12H2,(H,21,23). The molecule has 0 aliphatic heterocycles. The minimum atomic E-state index is -0.679. The molecule has 0 radical (unpaired) electrons. The molecule has 1 amide bonds.